The first-order valence-corrected chi connectivity index (χ1v) is 14.0. The molecule has 210 valence electrons. The van der Waals surface area contributed by atoms with Gasteiger partial charge >= 0.3 is 6.03 Å². The Morgan fingerprint density at radius 3 is 2.32 bits per heavy atom. The number of anilines is 1. The molecule has 0 aliphatic carbocycles. The normalized spacial score (nSPS) is 16.5. The number of amides is 5. The number of hydrogen-bond acceptors (Lipinski definition) is 6. The number of nitrogens with zero attached hydrogens (tertiary/aromatic N) is 2. The molecule has 0 bridgehead atoms. The smallest absolute Gasteiger partial charge is 0.335 e. The van der Waals surface area contributed by atoms with Gasteiger partial charge in [-0.05, 0) is 85.0 Å². The second kappa shape index (κ2) is 12.4. The molecule has 41 heavy (non-hydrogen) atoms. The number of piperidine rings is 1. The number of imide groups is 2. The van der Waals surface area contributed by atoms with Crippen molar-refractivity contribution in [2.45, 2.75) is 25.9 Å². The summed E-state index contributed by atoms with van der Waals surface area (Å²) < 4.78 is 12.3. The monoisotopic (exact) mass is 617 g/mol. The zero-order valence-corrected chi connectivity index (χ0v) is 24.0. The second-order valence-corrected chi connectivity index (χ2v) is 10.6. The van der Waals surface area contributed by atoms with Gasteiger partial charge in [-0.15, -0.1) is 0 Å². The number of methoxy groups -OCH3 is 1. The van der Waals surface area contributed by atoms with E-state index in [9.17, 15) is 19.2 Å². The van der Waals surface area contributed by atoms with Crippen molar-refractivity contribution in [3.05, 3.63) is 93.5 Å². The van der Waals surface area contributed by atoms with Crippen LogP contribution >= 0.6 is 15.9 Å². The summed E-state index contributed by atoms with van der Waals surface area (Å²) in [6, 6.07) is 18.2. The van der Waals surface area contributed by atoms with Gasteiger partial charge in [0.15, 0.2) is 11.5 Å². The first kappa shape index (κ1) is 28.1. The van der Waals surface area contributed by atoms with Crippen molar-refractivity contribution in [3.8, 4) is 11.5 Å². The van der Waals surface area contributed by atoms with Crippen molar-refractivity contribution in [2.75, 3.05) is 25.1 Å². The number of barbiturate groups is 1. The maximum atomic E-state index is 13.2. The highest BCUT2D eigenvalue weighted by Crippen LogP contribution is 2.31. The molecule has 2 aliphatic rings. The van der Waals surface area contributed by atoms with Crippen LogP contribution in [0.1, 0.15) is 40.7 Å². The lowest BCUT2D eigenvalue weighted by Gasteiger charge is -2.26. The van der Waals surface area contributed by atoms with Crippen LogP contribution in [0.4, 0.5) is 10.5 Å². The maximum Gasteiger partial charge on any atom is 0.335 e. The summed E-state index contributed by atoms with van der Waals surface area (Å²) in [6.07, 6.45) is 4.66. The van der Waals surface area contributed by atoms with Crippen LogP contribution in [0.5, 0.6) is 11.5 Å². The zero-order valence-electron chi connectivity index (χ0n) is 22.4. The fourth-order valence-electron chi connectivity index (χ4n) is 4.73. The van der Waals surface area contributed by atoms with E-state index in [1.807, 2.05) is 29.2 Å². The Labute approximate surface area is 245 Å². The van der Waals surface area contributed by atoms with E-state index in [0.717, 1.165) is 40.9 Å². The molecule has 0 saturated carbocycles. The highest BCUT2D eigenvalue weighted by atomic mass is 79.9. The molecule has 3 aromatic rings. The number of nitrogens with one attached hydrogen (secondary N) is 1. The number of benzene rings is 3. The lowest BCUT2D eigenvalue weighted by Crippen LogP contribution is -2.54. The van der Waals surface area contributed by atoms with E-state index < -0.39 is 17.8 Å². The molecule has 0 atom stereocenters. The SMILES string of the molecule is COc1cc(/C=C2\C(=O)NC(=O)N(c3ccc(Br)cc3)C2=O)ccc1OCc1ccc(C(=O)N2CCCCC2)cc1. The molecule has 5 amide bonds. The van der Waals surface area contributed by atoms with Gasteiger partial charge in [-0.1, -0.05) is 34.1 Å². The second-order valence-electron chi connectivity index (χ2n) is 9.68. The summed E-state index contributed by atoms with van der Waals surface area (Å²) in [5, 5.41) is 2.22. The van der Waals surface area contributed by atoms with E-state index in [0.29, 0.717) is 28.3 Å². The van der Waals surface area contributed by atoms with Gasteiger partial charge in [0.1, 0.15) is 12.2 Å². The molecule has 9 nitrogen and oxygen atoms in total. The van der Waals surface area contributed by atoms with E-state index in [1.54, 1.807) is 42.5 Å². The van der Waals surface area contributed by atoms with Gasteiger partial charge in [-0.2, -0.15) is 0 Å². The minimum Gasteiger partial charge on any atom is -0.493 e. The molecule has 2 heterocycles. The molecule has 5 rings (SSSR count). The van der Waals surface area contributed by atoms with Crippen LogP contribution in [0.3, 0.4) is 0 Å². The third kappa shape index (κ3) is 6.33. The fourth-order valence-corrected chi connectivity index (χ4v) is 4.99. The highest BCUT2D eigenvalue weighted by Gasteiger charge is 2.36. The Kier molecular flexibility index (Phi) is 8.49. The number of ether oxygens (including phenoxy) is 2. The van der Waals surface area contributed by atoms with Crippen molar-refractivity contribution in [1.29, 1.82) is 0 Å². The third-order valence-corrected chi connectivity index (χ3v) is 7.45. The Hall–Kier alpha value is -4.44. The summed E-state index contributed by atoms with van der Waals surface area (Å²) in [6.45, 7) is 1.85. The fraction of sp³-hybridized carbons (Fsp3) is 0.226. The summed E-state index contributed by atoms with van der Waals surface area (Å²) in [7, 11) is 1.49. The van der Waals surface area contributed by atoms with Crippen molar-refractivity contribution in [3.63, 3.8) is 0 Å². The largest absolute Gasteiger partial charge is 0.493 e. The van der Waals surface area contributed by atoms with Crippen LogP contribution < -0.4 is 19.7 Å². The molecule has 2 fully saturated rings. The average molecular weight is 618 g/mol. The number of rotatable bonds is 7. The Balaban J connectivity index is 1.28. The van der Waals surface area contributed by atoms with Gasteiger partial charge < -0.3 is 14.4 Å². The molecule has 10 heteroatoms. The van der Waals surface area contributed by atoms with Gasteiger partial charge in [0.05, 0.1) is 12.8 Å². The molecular formula is C31H28BrN3O6. The Bertz CT molecular complexity index is 1510. The predicted molar refractivity (Wildman–Crippen MR) is 157 cm³/mol. The van der Waals surface area contributed by atoms with Gasteiger partial charge in [-0.25, -0.2) is 9.69 Å². The lowest BCUT2D eigenvalue weighted by atomic mass is 10.1. The summed E-state index contributed by atoms with van der Waals surface area (Å²) in [5.41, 5.74) is 2.20. The molecule has 2 saturated heterocycles. The number of likely N-dealkylation sites (tertiary alicyclic amines) is 1. The molecule has 0 aromatic heterocycles. The van der Waals surface area contributed by atoms with Crippen LogP contribution in [-0.4, -0.2) is 48.9 Å². The lowest BCUT2D eigenvalue weighted by molar-refractivity contribution is -0.122. The summed E-state index contributed by atoms with van der Waals surface area (Å²) in [5.74, 6) is -0.592. The van der Waals surface area contributed by atoms with E-state index in [4.69, 9.17) is 9.47 Å². The number of halogens is 1. The minimum atomic E-state index is -0.815. The standard InChI is InChI=1S/C31H28BrN3O6/c1-40-27-18-21(17-25-28(36)33-31(39)35(30(25)38)24-12-10-23(32)11-13-24)7-14-26(27)41-19-20-5-8-22(9-6-20)29(37)34-15-3-2-4-16-34/h5-14,17-18H,2-4,15-16,19H2,1H3,(H,33,36,39)/b25-17+. The third-order valence-electron chi connectivity index (χ3n) is 6.92. The zero-order chi connectivity index (χ0) is 28.9. The van der Waals surface area contributed by atoms with Gasteiger partial charge in [0.25, 0.3) is 17.7 Å². The van der Waals surface area contributed by atoms with Crippen LogP contribution in [0.2, 0.25) is 0 Å². The van der Waals surface area contributed by atoms with Crippen molar-refractivity contribution in [1.82, 2.24) is 10.2 Å². The number of carbonyl (C=O) groups excluding carboxylic acids is 4. The molecule has 0 spiro atoms. The van der Waals surface area contributed by atoms with E-state index in [-0.39, 0.29) is 18.1 Å². The summed E-state index contributed by atoms with van der Waals surface area (Å²) >= 11 is 3.33. The average Bonchev–Trinajstić information content (AvgIpc) is 2.99. The van der Waals surface area contributed by atoms with Crippen molar-refractivity contribution < 1.29 is 28.7 Å². The quantitative estimate of drug-likeness (QED) is 0.284. The van der Waals surface area contributed by atoms with Crippen LogP contribution in [0.25, 0.3) is 6.08 Å². The van der Waals surface area contributed by atoms with E-state index >= 15 is 0 Å². The molecule has 1 N–H and O–H groups in total. The summed E-state index contributed by atoms with van der Waals surface area (Å²) in [4.78, 5) is 53.7. The molecule has 0 radical (unpaired) electrons. The highest BCUT2D eigenvalue weighted by molar-refractivity contribution is 9.10. The number of carbonyl (C=O) groups is 4. The van der Waals surface area contributed by atoms with E-state index in [1.165, 1.54) is 19.6 Å². The molecule has 0 unspecified atom stereocenters. The van der Waals surface area contributed by atoms with E-state index in [2.05, 4.69) is 21.2 Å². The van der Waals surface area contributed by atoms with Crippen molar-refractivity contribution >= 4 is 51.4 Å². The first-order valence-electron chi connectivity index (χ1n) is 13.2. The number of hydrogen-bond donors (Lipinski definition) is 1. The van der Waals surface area contributed by atoms with Gasteiger partial charge in [0, 0.05) is 23.1 Å². The predicted octanol–water partition coefficient (Wildman–Crippen LogP) is 5.33. The topological polar surface area (TPSA) is 105 Å². The Morgan fingerprint density at radius 1 is 0.927 bits per heavy atom. The molecular weight excluding hydrogens is 590 g/mol. The Morgan fingerprint density at radius 2 is 1.63 bits per heavy atom. The van der Waals surface area contributed by atoms with Crippen LogP contribution in [-0.2, 0) is 16.2 Å². The van der Waals surface area contributed by atoms with Gasteiger partial charge in [-0.3, -0.25) is 19.7 Å². The number of urea groups is 1. The molecule has 3 aromatic carbocycles. The van der Waals surface area contributed by atoms with Gasteiger partial charge in [0.2, 0.25) is 0 Å². The van der Waals surface area contributed by atoms with Crippen LogP contribution in [0, 0.1) is 0 Å². The van der Waals surface area contributed by atoms with Crippen molar-refractivity contribution in [2.24, 2.45) is 0 Å². The maximum absolute atomic E-state index is 13.2. The minimum absolute atomic E-state index is 0.0537. The first-order chi connectivity index (χ1) is 19.8. The van der Waals surface area contributed by atoms with Crippen LogP contribution in [0.15, 0.2) is 76.8 Å². The molecule has 2 aliphatic heterocycles.